The largest absolute Gasteiger partial charge is 0.371 e. The van der Waals surface area contributed by atoms with Gasteiger partial charge in [-0.3, -0.25) is 0 Å². The fourth-order valence-electron chi connectivity index (χ4n) is 1.20. The molecule has 9 heavy (non-hydrogen) atoms. The smallest absolute Gasteiger partial charge is 0.0667 e. The molecule has 0 fully saturated rings. The quantitative estimate of drug-likeness (QED) is 0.452. The van der Waals surface area contributed by atoms with E-state index in [9.17, 15) is 0 Å². The van der Waals surface area contributed by atoms with Crippen molar-refractivity contribution in [2.24, 2.45) is 0 Å². The minimum Gasteiger partial charge on any atom is -0.371 e. The van der Waals surface area contributed by atoms with Gasteiger partial charge in [-0.2, -0.15) is 0 Å². The van der Waals surface area contributed by atoms with Crippen molar-refractivity contribution in [2.45, 2.75) is 32.8 Å². The molecule has 0 unspecified atom stereocenters. The standard InChI is InChI=1S/C8H14O/c1-7-4-5-9-8(2,3)6-7/h4H,5-6H2,1-3H3. The van der Waals surface area contributed by atoms with Crippen molar-refractivity contribution in [1.82, 2.24) is 0 Å². The van der Waals surface area contributed by atoms with E-state index in [1.807, 2.05) is 0 Å². The summed E-state index contributed by atoms with van der Waals surface area (Å²) in [7, 11) is 0. The monoisotopic (exact) mass is 126 g/mol. The highest BCUT2D eigenvalue weighted by molar-refractivity contribution is 5.05. The lowest BCUT2D eigenvalue weighted by atomic mass is 9.97. The summed E-state index contributed by atoms with van der Waals surface area (Å²) >= 11 is 0. The molecule has 0 spiro atoms. The van der Waals surface area contributed by atoms with Gasteiger partial charge in [0.2, 0.25) is 0 Å². The molecule has 0 aromatic rings. The van der Waals surface area contributed by atoms with E-state index in [4.69, 9.17) is 4.74 Å². The highest BCUT2D eigenvalue weighted by atomic mass is 16.5. The van der Waals surface area contributed by atoms with Crippen LogP contribution in [0.1, 0.15) is 27.2 Å². The van der Waals surface area contributed by atoms with Crippen LogP contribution in [0.3, 0.4) is 0 Å². The highest BCUT2D eigenvalue weighted by Crippen LogP contribution is 2.23. The molecule has 0 saturated carbocycles. The van der Waals surface area contributed by atoms with Gasteiger partial charge in [0.25, 0.3) is 0 Å². The van der Waals surface area contributed by atoms with Crippen LogP contribution in [0.15, 0.2) is 11.6 Å². The van der Waals surface area contributed by atoms with Crippen molar-refractivity contribution in [3.63, 3.8) is 0 Å². The van der Waals surface area contributed by atoms with Crippen LogP contribution in [0.2, 0.25) is 0 Å². The summed E-state index contributed by atoms with van der Waals surface area (Å²) in [6, 6.07) is 0. The highest BCUT2D eigenvalue weighted by Gasteiger charge is 2.20. The first kappa shape index (κ1) is 6.81. The molecule has 1 aliphatic rings. The van der Waals surface area contributed by atoms with Crippen LogP contribution < -0.4 is 0 Å². The Morgan fingerprint density at radius 2 is 2.22 bits per heavy atom. The Labute approximate surface area is 56.7 Å². The Morgan fingerprint density at radius 1 is 1.56 bits per heavy atom. The first-order valence-electron chi connectivity index (χ1n) is 3.40. The van der Waals surface area contributed by atoms with Gasteiger partial charge < -0.3 is 4.74 Å². The van der Waals surface area contributed by atoms with E-state index in [-0.39, 0.29) is 5.60 Å². The summed E-state index contributed by atoms with van der Waals surface area (Å²) in [6.45, 7) is 7.20. The van der Waals surface area contributed by atoms with Gasteiger partial charge in [-0.05, 0) is 27.2 Å². The maximum atomic E-state index is 5.46. The second-order valence-corrected chi connectivity index (χ2v) is 3.30. The molecule has 1 heteroatoms. The Morgan fingerprint density at radius 3 is 2.56 bits per heavy atom. The number of ether oxygens (including phenoxy) is 1. The van der Waals surface area contributed by atoms with Crippen molar-refractivity contribution < 1.29 is 4.74 Å². The zero-order valence-electron chi connectivity index (χ0n) is 6.40. The van der Waals surface area contributed by atoms with Crippen LogP contribution in [0.25, 0.3) is 0 Å². The molecule has 1 nitrogen and oxygen atoms in total. The molecule has 0 N–H and O–H groups in total. The fourth-order valence-corrected chi connectivity index (χ4v) is 1.20. The van der Waals surface area contributed by atoms with Crippen LogP contribution >= 0.6 is 0 Å². The lowest BCUT2D eigenvalue weighted by Crippen LogP contribution is -2.27. The zero-order chi connectivity index (χ0) is 6.91. The van der Waals surface area contributed by atoms with E-state index in [2.05, 4.69) is 26.8 Å². The summed E-state index contributed by atoms with van der Waals surface area (Å²) in [6.07, 6.45) is 3.22. The van der Waals surface area contributed by atoms with E-state index < -0.39 is 0 Å². The molecule has 0 aromatic heterocycles. The molecular weight excluding hydrogens is 112 g/mol. The zero-order valence-corrected chi connectivity index (χ0v) is 6.40. The van der Waals surface area contributed by atoms with Crippen LogP contribution in [0.5, 0.6) is 0 Å². The molecule has 1 heterocycles. The minimum absolute atomic E-state index is 0.0822. The van der Waals surface area contributed by atoms with Crippen LogP contribution in [0, 0.1) is 0 Å². The molecule has 0 aromatic carbocycles. The van der Waals surface area contributed by atoms with Gasteiger partial charge >= 0.3 is 0 Å². The van der Waals surface area contributed by atoms with Crippen molar-refractivity contribution in [2.75, 3.05) is 6.61 Å². The molecular formula is C8H14O. The first-order chi connectivity index (χ1) is 4.10. The number of hydrogen-bond donors (Lipinski definition) is 0. The molecule has 0 amide bonds. The summed E-state index contributed by atoms with van der Waals surface area (Å²) in [5, 5.41) is 0. The van der Waals surface area contributed by atoms with E-state index >= 15 is 0 Å². The van der Waals surface area contributed by atoms with E-state index in [0.717, 1.165) is 13.0 Å². The van der Waals surface area contributed by atoms with E-state index in [1.54, 1.807) is 0 Å². The van der Waals surface area contributed by atoms with E-state index in [0.29, 0.717) is 0 Å². The summed E-state index contributed by atoms with van der Waals surface area (Å²) in [5.74, 6) is 0. The predicted octanol–water partition coefficient (Wildman–Crippen LogP) is 2.13. The van der Waals surface area contributed by atoms with Crippen molar-refractivity contribution in [3.05, 3.63) is 11.6 Å². The van der Waals surface area contributed by atoms with Crippen LogP contribution in [-0.4, -0.2) is 12.2 Å². The van der Waals surface area contributed by atoms with Gasteiger partial charge in [-0.25, -0.2) is 0 Å². The van der Waals surface area contributed by atoms with Crippen molar-refractivity contribution in [1.29, 1.82) is 0 Å². The predicted molar refractivity (Wildman–Crippen MR) is 38.4 cm³/mol. The Bertz CT molecular complexity index is 134. The lowest BCUT2D eigenvalue weighted by Gasteiger charge is -2.28. The van der Waals surface area contributed by atoms with Crippen molar-refractivity contribution in [3.8, 4) is 0 Å². The molecule has 1 aliphatic heterocycles. The molecule has 1 rings (SSSR count). The average molecular weight is 126 g/mol. The average Bonchev–Trinajstić information content (AvgIpc) is 1.60. The third-order valence-corrected chi connectivity index (χ3v) is 1.61. The summed E-state index contributed by atoms with van der Waals surface area (Å²) in [4.78, 5) is 0. The second-order valence-electron chi connectivity index (χ2n) is 3.30. The molecule has 0 atom stereocenters. The van der Waals surface area contributed by atoms with Gasteiger partial charge in [0.1, 0.15) is 0 Å². The van der Waals surface area contributed by atoms with Crippen molar-refractivity contribution >= 4 is 0 Å². The topological polar surface area (TPSA) is 9.23 Å². The van der Waals surface area contributed by atoms with Crippen LogP contribution in [0.4, 0.5) is 0 Å². The number of hydrogen-bond acceptors (Lipinski definition) is 1. The van der Waals surface area contributed by atoms with Gasteiger partial charge in [0, 0.05) is 0 Å². The maximum absolute atomic E-state index is 5.46. The first-order valence-corrected chi connectivity index (χ1v) is 3.40. The Kier molecular flexibility index (Phi) is 1.62. The Balaban J connectivity index is 2.59. The molecule has 0 aliphatic carbocycles. The normalized spacial score (nSPS) is 25.4. The lowest BCUT2D eigenvalue weighted by molar-refractivity contribution is -0.00930. The maximum Gasteiger partial charge on any atom is 0.0667 e. The third-order valence-electron chi connectivity index (χ3n) is 1.61. The van der Waals surface area contributed by atoms with Crippen LogP contribution in [-0.2, 0) is 4.74 Å². The fraction of sp³-hybridized carbons (Fsp3) is 0.750. The Hall–Kier alpha value is -0.300. The second kappa shape index (κ2) is 2.14. The third kappa shape index (κ3) is 1.83. The molecule has 0 radical (unpaired) electrons. The summed E-state index contributed by atoms with van der Waals surface area (Å²) in [5.41, 5.74) is 1.53. The van der Waals surface area contributed by atoms with Gasteiger partial charge in [-0.1, -0.05) is 11.6 Å². The SMILES string of the molecule is CC1=CCOC(C)(C)C1. The van der Waals surface area contributed by atoms with Gasteiger partial charge in [0.15, 0.2) is 0 Å². The molecule has 0 bridgehead atoms. The van der Waals surface area contributed by atoms with Gasteiger partial charge in [0.05, 0.1) is 12.2 Å². The van der Waals surface area contributed by atoms with E-state index in [1.165, 1.54) is 5.57 Å². The molecule has 0 saturated heterocycles. The molecule has 52 valence electrons. The van der Waals surface area contributed by atoms with Gasteiger partial charge in [-0.15, -0.1) is 0 Å². The minimum atomic E-state index is 0.0822. The number of rotatable bonds is 0. The summed E-state index contributed by atoms with van der Waals surface area (Å²) < 4.78 is 5.46.